The monoisotopic (exact) mass is 224 g/mol. The van der Waals surface area contributed by atoms with E-state index in [1.165, 1.54) is 0 Å². The molecule has 1 heterocycles. The first kappa shape index (κ1) is 12.8. The molecule has 0 aliphatic carbocycles. The van der Waals surface area contributed by atoms with Gasteiger partial charge in [0.2, 0.25) is 0 Å². The lowest BCUT2D eigenvalue weighted by molar-refractivity contribution is 0.218. The average molecular weight is 224 g/mol. The highest BCUT2D eigenvalue weighted by Gasteiger charge is 2.17. The molecule has 0 spiro atoms. The average Bonchev–Trinajstić information content (AvgIpc) is 2.27. The summed E-state index contributed by atoms with van der Waals surface area (Å²) < 4.78 is 0. The zero-order chi connectivity index (χ0) is 11.8. The number of nitrogens with zero attached hydrogens (tertiary/aromatic N) is 1. The van der Waals surface area contributed by atoms with Gasteiger partial charge in [-0.05, 0) is 12.8 Å². The van der Waals surface area contributed by atoms with Crippen LogP contribution in [0.3, 0.4) is 0 Å². The van der Waals surface area contributed by atoms with E-state index in [1.807, 2.05) is 0 Å². The van der Waals surface area contributed by atoms with Crippen LogP contribution < -0.4 is 16.4 Å². The van der Waals surface area contributed by atoms with Gasteiger partial charge in [0.15, 0.2) is 0 Å². The Bertz CT molecular complexity index is 253. The standard InChI is InChI=1S/C11H20N4O/c1-2-7-15-8-3-10(4-9-15)13-5-6-14-11(12)16/h1,10,13H,3-9H2,(H3,12,14,16). The topological polar surface area (TPSA) is 70.4 Å². The molecular formula is C11H20N4O. The maximum absolute atomic E-state index is 10.4. The Morgan fingerprint density at radius 1 is 1.44 bits per heavy atom. The van der Waals surface area contributed by atoms with Crippen molar-refractivity contribution >= 4 is 6.03 Å². The van der Waals surface area contributed by atoms with Gasteiger partial charge in [0.25, 0.3) is 0 Å². The Morgan fingerprint density at radius 2 is 2.12 bits per heavy atom. The molecule has 1 rings (SSSR count). The predicted molar refractivity (Wildman–Crippen MR) is 63.9 cm³/mol. The molecule has 0 aromatic heterocycles. The van der Waals surface area contributed by atoms with Gasteiger partial charge in [-0.2, -0.15) is 0 Å². The number of hydrogen-bond acceptors (Lipinski definition) is 3. The summed E-state index contributed by atoms with van der Waals surface area (Å²) in [7, 11) is 0. The summed E-state index contributed by atoms with van der Waals surface area (Å²) in [5.74, 6) is 2.66. The summed E-state index contributed by atoms with van der Waals surface area (Å²) in [6.45, 7) is 4.19. The molecule has 0 radical (unpaired) electrons. The van der Waals surface area contributed by atoms with Gasteiger partial charge in [-0.15, -0.1) is 6.42 Å². The maximum Gasteiger partial charge on any atom is 0.312 e. The fraction of sp³-hybridized carbons (Fsp3) is 0.727. The Kier molecular flexibility index (Phi) is 5.68. The minimum Gasteiger partial charge on any atom is -0.352 e. The van der Waals surface area contributed by atoms with Crippen LogP contribution in [0.15, 0.2) is 0 Å². The van der Waals surface area contributed by atoms with Crippen molar-refractivity contribution in [2.45, 2.75) is 18.9 Å². The smallest absolute Gasteiger partial charge is 0.312 e. The third kappa shape index (κ3) is 5.01. The molecule has 0 unspecified atom stereocenters. The number of nitrogens with one attached hydrogen (secondary N) is 2. The van der Waals surface area contributed by atoms with Gasteiger partial charge in [-0.1, -0.05) is 5.92 Å². The van der Waals surface area contributed by atoms with Crippen LogP contribution in [0.4, 0.5) is 4.79 Å². The van der Waals surface area contributed by atoms with Gasteiger partial charge in [-0.3, -0.25) is 4.90 Å². The number of carbonyl (C=O) groups is 1. The Hall–Kier alpha value is -1.25. The number of urea groups is 1. The summed E-state index contributed by atoms with van der Waals surface area (Å²) in [6.07, 6.45) is 7.48. The van der Waals surface area contributed by atoms with E-state index in [-0.39, 0.29) is 0 Å². The highest BCUT2D eigenvalue weighted by Crippen LogP contribution is 2.08. The Balaban J connectivity index is 2.04. The molecule has 16 heavy (non-hydrogen) atoms. The molecule has 2 amide bonds. The van der Waals surface area contributed by atoms with E-state index >= 15 is 0 Å². The molecule has 1 aliphatic rings. The SMILES string of the molecule is C#CCN1CCC(NCCNC(N)=O)CC1. The van der Waals surface area contributed by atoms with Gasteiger partial charge in [0, 0.05) is 32.2 Å². The molecule has 0 atom stereocenters. The number of amides is 2. The van der Waals surface area contributed by atoms with E-state index in [0.717, 1.165) is 39.0 Å². The van der Waals surface area contributed by atoms with Crippen molar-refractivity contribution in [2.24, 2.45) is 5.73 Å². The van der Waals surface area contributed by atoms with Crippen LogP contribution in [0.5, 0.6) is 0 Å². The van der Waals surface area contributed by atoms with Crippen LogP contribution in [-0.4, -0.2) is 49.7 Å². The largest absolute Gasteiger partial charge is 0.352 e. The second-order valence-electron chi connectivity index (χ2n) is 4.00. The van der Waals surface area contributed by atoms with E-state index in [4.69, 9.17) is 12.2 Å². The second kappa shape index (κ2) is 7.09. The first-order valence-electron chi connectivity index (χ1n) is 5.65. The summed E-state index contributed by atoms with van der Waals surface area (Å²) in [4.78, 5) is 12.7. The van der Waals surface area contributed by atoms with Crippen LogP contribution in [0.25, 0.3) is 0 Å². The van der Waals surface area contributed by atoms with Crippen molar-refractivity contribution in [1.82, 2.24) is 15.5 Å². The summed E-state index contributed by atoms with van der Waals surface area (Å²) in [5.41, 5.74) is 4.96. The first-order valence-corrected chi connectivity index (χ1v) is 5.65. The van der Waals surface area contributed by atoms with Crippen molar-refractivity contribution in [3.63, 3.8) is 0 Å². The zero-order valence-corrected chi connectivity index (χ0v) is 9.54. The fourth-order valence-corrected chi connectivity index (χ4v) is 1.89. The van der Waals surface area contributed by atoms with Crippen LogP contribution in [0.2, 0.25) is 0 Å². The molecular weight excluding hydrogens is 204 g/mol. The highest BCUT2D eigenvalue weighted by molar-refractivity contribution is 5.71. The molecule has 1 aliphatic heterocycles. The number of nitrogens with two attached hydrogens (primary N) is 1. The minimum absolute atomic E-state index is 0.467. The van der Waals surface area contributed by atoms with Crippen LogP contribution in [0.1, 0.15) is 12.8 Å². The number of rotatable bonds is 5. The molecule has 5 heteroatoms. The Labute approximate surface area is 96.7 Å². The van der Waals surface area contributed by atoms with E-state index in [2.05, 4.69) is 21.5 Å². The number of likely N-dealkylation sites (tertiary alicyclic amines) is 1. The van der Waals surface area contributed by atoms with E-state index in [1.54, 1.807) is 0 Å². The van der Waals surface area contributed by atoms with Crippen molar-refractivity contribution < 1.29 is 4.79 Å². The fourth-order valence-electron chi connectivity index (χ4n) is 1.89. The van der Waals surface area contributed by atoms with Crippen LogP contribution >= 0.6 is 0 Å². The van der Waals surface area contributed by atoms with Crippen molar-refractivity contribution in [3.05, 3.63) is 0 Å². The lowest BCUT2D eigenvalue weighted by Gasteiger charge is -2.31. The van der Waals surface area contributed by atoms with Gasteiger partial charge in [0.1, 0.15) is 0 Å². The molecule has 90 valence electrons. The van der Waals surface area contributed by atoms with Crippen molar-refractivity contribution in [3.8, 4) is 12.3 Å². The second-order valence-corrected chi connectivity index (χ2v) is 4.00. The molecule has 0 saturated carbocycles. The number of piperidine rings is 1. The molecule has 0 aromatic carbocycles. The summed E-state index contributed by atoms with van der Waals surface area (Å²) in [6, 6.07) is 0.0642. The number of primary amides is 1. The Morgan fingerprint density at radius 3 is 2.69 bits per heavy atom. The van der Waals surface area contributed by atoms with Crippen LogP contribution in [-0.2, 0) is 0 Å². The van der Waals surface area contributed by atoms with E-state index in [9.17, 15) is 4.79 Å². The lowest BCUT2D eigenvalue weighted by atomic mass is 10.1. The van der Waals surface area contributed by atoms with Gasteiger partial charge >= 0.3 is 6.03 Å². The molecule has 0 bridgehead atoms. The first-order chi connectivity index (χ1) is 7.72. The number of carbonyl (C=O) groups excluding carboxylic acids is 1. The minimum atomic E-state index is -0.467. The van der Waals surface area contributed by atoms with E-state index < -0.39 is 6.03 Å². The van der Waals surface area contributed by atoms with Gasteiger partial charge in [-0.25, -0.2) is 4.79 Å². The maximum atomic E-state index is 10.4. The van der Waals surface area contributed by atoms with E-state index in [0.29, 0.717) is 12.6 Å². The van der Waals surface area contributed by atoms with Crippen molar-refractivity contribution in [1.29, 1.82) is 0 Å². The lowest BCUT2D eigenvalue weighted by Crippen LogP contribution is -2.45. The number of terminal acetylenes is 1. The van der Waals surface area contributed by atoms with Crippen LogP contribution in [0, 0.1) is 12.3 Å². The van der Waals surface area contributed by atoms with Crippen molar-refractivity contribution in [2.75, 3.05) is 32.7 Å². The number of hydrogen-bond donors (Lipinski definition) is 3. The summed E-state index contributed by atoms with van der Waals surface area (Å²) >= 11 is 0. The quantitative estimate of drug-likeness (QED) is 0.429. The van der Waals surface area contributed by atoms with Gasteiger partial charge < -0.3 is 16.4 Å². The molecule has 1 fully saturated rings. The highest BCUT2D eigenvalue weighted by atomic mass is 16.2. The third-order valence-corrected chi connectivity index (χ3v) is 2.76. The zero-order valence-electron chi connectivity index (χ0n) is 9.54. The molecule has 0 aromatic rings. The predicted octanol–water partition coefficient (Wildman–Crippen LogP) is -0.658. The third-order valence-electron chi connectivity index (χ3n) is 2.76. The normalized spacial score (nSPS) is 17.9. The summed E-state index contributed by atoms with van der Waals surface area (Å²) in [5, 5.41) is 5.94. The molecule has 5 nitrogen and oxygen atoms in total. The molecule has 4 N–H and O–H groups in total. The van der Waals surface area contributed by atoms with Gasteiger partial charge in [0.05, 0.1) is 6.54 Å². The molecule has 1 saturated heterocycles.